The molecule has 2 heterocycles. The number of aryl methyl sites for hydroxylation is 2. The topological polar surface area (TPSA) is 80.4 Å². The number of nitrogens with one attached hydrogen (secondary N) is 2. The molecular formula is C19H22N2O4. The molecule has 2 N–H and O–H groups in total. The number of ether oxygens (including phenoxy) is 2. The highest BCUT2D eigenvalue weighted by Gasteiger charge is 2.22. The molecule has 3 rings (SSSR count). The van der Waals surface area contributed by atoms with Crippen LogP contribution in [0.25, 0.3) is 0 Å². The van der Waals surface area contributed by atoms with Crippen LogP contribution in [0.5, 0.6) is 11.5 Å². The lowest BCUT2D eigenvalue weighted by atomic mass is 9.96. The number of benzene rings is 1. The summed E-state index contributed by atoms with van der Waals surface area (Å²) in [5.41, 5.74) is 2.33. The fourth-order valence-electron chi connectivity index (χ4n) is 3.13. The van der Waals surface area contributed by atoms with Crippen LogP contribution < -0.4 is 20.3 Å². The zero-order valence-corrected chi connectivity index (χ0v) is 14.6. The summed E-state index contributed by atoms with van der Waals surface area (Å²) < 4.78 is 11.0. The Hall–Kier alpha value is -2.76. The van der Waals surface area contributed by atoms with Crippen LogP contribution in [0, 0.1) is 19.8 Å². The maximum Gasteiger partial charge on any atom is 0.261 e. The van der Waals surface area contributed by atoms with Crippen molar-refractivity contribution >= 4 is 5.91 Å². The molecule has 0 saturated carbocycles. The molecular weight excluding hydrogens is 320 g/mol. The number of methoxy groups -OCH3 is 1. The maximum absolute atomic E-state index is 12.4. The van der Waals surface area contributed by atoms with Gasteiger partial charge in [-0.15, -0.1) is 0 Å². The highest BCUT2D eigenvalue weighted by atomic mass is 16.5. The van der Waals surface area contributed by atoms with Gasteiger partial charge in [-0.05, 0) is 43.5 Å². The van der Waals surface area contributed by atoms with Crippen molar-refractivity contribution in [2.45, 2.75) is 20.3 Å². The molecule has 0 aliphatic carbocycles. The van der Waals surface area contributed by atoms with Crippen molar-refractivity contribution in [3.63, 3.8) is 0 Å². The second kappa shape index (κ2) is 7.01. The summed E-state index contributed by atoms with van der Waals surface area (Å²) in [5, 5.41) is 2.86. The molecule has 0 saturated heterocycles. The summed E-state index contributed by atoms with van der Waals surface area (Å²) in [5.74, 6) is 1.40. The van der Waals surface area contributed by atoms with Gasteiger partial charge in [0.2, 0.25) is 0 Å². The van der Waals surface area contributed by atoms with E-state index in [0.29, 0.717) is 18.7 Å². The standard InChI is InChI=1S/C19H22N2O4/c1-11-6-12(2)21-19(23)17(11)18(22)20-9-13-7-14-4-5-15(24-3)8-16(14)25-10-13/h4-6,8,13H,7,9-10H2,1-3H3,(H,20,22)(H,21,23)/t13-/m1/s1. The Morgan fingerprint density at radius 2 is 2.16 bits per heavy atom. The largest absolute Gasteiger partial charge is 0.497 e. The predicted octanol–water partition coefficient (Wildman–Crippen LogP) is 1.98. The molecule has 6 nitrogen and oxygen atoms in total. The quantitative estimate of drug-likeness (QED) is 0.890. The van der Waals surface area contributed by atoms with E-state index in [9.17, 15) is 9.59 Å². The molecule has 1 amide bonds. The van der Waals surface area contributed by atoms with Gasteiger partial charge in [0.25, 0.3) is 11.5 Å². The van der Waals surface area contributed by atoms with Crippen LogP contribution in [-0.4, -0.2) is 31.2 Å². The fraction of sp³-hybridized carbons (Fsp3) is 0.368. The van der Waals surface area contributed by atoms with Crippen LogP contribution in [-0.2, 0) is 6.42 Å². The summed E-state index contributed by atoms with van der Waals surface area (Å²) in [6, 6.07) is 7.55. The third kappa shape index (κ3) is 3.68. The van der Waals surface area contributed by atoms with Gasteiger partial charge in [-0.3, -0.25) is 9.59 Å². The number of H-pyrrole nitrogens is 1. The van der Waals surface area contributed by atoms with Crippen LogP contribution in [0.2, 0.25) is 0 Å². The van der Waals surface area contributed by atoms with Gasteiger partial charge >= 0.3 is 0 Å². The molecule has 1 aliphatic heterocycles. The first-order valence-corrected chi connectivity index (χ1v) is 8.26. The molecule has 2 aromatic rings. The van der Waals surface area contributed by atoms with E-state index in [-0.39, 0.29) is 22.9 Å². The lowest BCUT2D eigenvalue weighted by Crippen LogP contribution is -2.37. The predicted molar refractivity (Wildman–Crippen MR) is 94.6 cm³/mol. The Bertz CT molecular complexity index is 857. The molecule has 1 atom stereocenters. The van der Waals surface area contributed by atoms with E-state index < -0.39 is 0 Å². The van der Waals surface area contributed by atoms with Gasteiger partial charge in [0.15, 0.2) is 0 Å². The molecule has 6 heteroatoms. The van der Waals surface area contributed by atoms with E-state index in [1.54, 1.807) is 27.0 Å². The Balaban J connectivity index is 1.65. The van der Waals surface area contributed by atoms with E-state index >= 15 is 0 Å². The maximum atomic E-state index is 12.4. The number of aromatic amines is 1. The molecule has 1 aromatic heterocycles. The average Bonchev–Trinajstić information content (AvgIpc) is 2.58. The van der Waals surface area contributed by atoms with Crippen molar-refractivity contribution in [1.82, 2.24) is 10.3 Å². The third-order valence-electron chi connectivity index (χ3n) is 4.40. The number of hydrogen-bond donors (Lipinski definition) is 2. The van der Waals surface area contributed by atoms with E-state index in [1.165, 1.54) is 0 Å². The molecule has 1 aromatic carbocycles. The normalized spacial score (nSPS) is 15.9. The molecule has 0 bridgehead atoms. The highest BCUT2D eigenvalue weighted by molar-refractivity contribution is 5.95. The van der Waals surface area contributed by atoms with Gasteiger partial charge < -0.3 is 19.8 Å². The average molecular weight is 342 g/mol. The number of pyridine rings is 1. The van der Waals surface area contributed by atoms with Crippen molar-refractivity contribution in [3.05, 3.63) is 57.0 Å². The van der Waals surface area contributed by atoms with Crippen molar-refractivity contribution in [2.24, 2.45) is 5.92 Å². The lowest BCUT2D eigenvalue weighted by Gasteiger charge is -2.25. The third-order valence-corrected chi connectivity index (χ3v) is 4.40. The first-order chi connectivity index (χ1) is 12.0. The van der Waals surface area contributed by atoms with Gasteiger partial charge in [-0.1, -0.05) is 6.07 Å². The van der Waals surface area contributed by atoms with Crippen LogP contribution in [0.15, 0.2) is 29.1 Å². The minimum atomic E-state index is -0.354. The Kier molecular flexibility index (Phi) is 4.79. The molecule has 25 heavy (non-hydrogen) atoms. The van der Waals surface area contributed by atoms with Crippen LogP contribution in [0.1, 0.15) is 27.2 Å². The summed E-state index contributed by atoms with van der Waals surface area (Å²) in [6.07, 6.45) is 0.808. The van der Waals surface area contributed by atoms with Crippen LogP contribution in [0.3, 0.4) is 0 Å². The van der Waals surface area contributed by atoms with Crippen LogP contribution >= 0.6 is 0 Å². The number of carbonyl (C=O) groups excluding carboxylic acids is 1. The monoisotopic (exact) mass is 342 g/mol. The van der Waals surface area contributed by atoms with E-state index in [0.717, 1.165) is 29.2 Å². The van der Waals surface area contributed by atoms with Gasteiger partial charge in [0.05, 0.1) is 13.7 Å². The van der Waals surface area contributed by atoms with Crippen molar-refractivity contribution < 1.29 is 14.3 Å². The Morgan fingerprint density at radius 3 is 2.88 bits per heavy atom. The summed E-state index contributed by atoms with van der Waals surface area (Å²) in [6.45, 7) is 4.53. The van der Waals surface area contributed by atoms with Gasteiger partial charge in [0, 0.05) is 24.2 Å². The molecule has 132 valence electrons. The molecule has 0 radical (unpaired) electrons. The number of hydrogen-bond acceptors (Lipinski definition) is 4. The number of carbonyl (C=O) groups is 1. The minimum Gasteiger partial charge on any atom is -0.497 e. The van der Waals surface area contributed by atoms with E-state index in [1.807, 2.05) is 18.2 Å². The zero-order chi connectivity index (χ0) is 18.0. The number of rotatable bonds is 4. The lowest BCUT2D eigenvalue weighted by molar-refractivity contribution is 0.0937. The number of amides is 1. The van der Waals surface area contributed by atoms with Crippen LogP contribution in [0.4, 0.5) is 0 Å². The van der Waals surface area contributed by atoms with Crippen molar-refractivity contribution in [1.29, 1.82) is 0 Å². The first kappa shape index (κ1) is 17.1. The number of aromatic nitrogens is 1. The fourth-order valence-corrected chi connectivity index (χ4v) is 3.13. The Labute approximate surface area is 146 Å². The smallest absolute Gasteiger partial charge is 0.261 e. The number of fused-ring (bicyclic) bond motifs is 1. The first-order valence-electron chi connectivity index (χ1n) is 8.26. The molecule has 0 spiro atoms. The molecule has 1 aliphatic rings. The molecule has 0 unspecified atom stereocenters. The minimum absolute atomic E-state index is 0.162. The second-order valence-corrected chi connectivity index (χ2v) is 6.40. The molecule has 0 fully saturated rings. The highest BCUT2D eigenvalue weighted by Crippen LogP contribution is 2.30. The SMILES string of the molecule is COc1ccc2c(c1)OC[C@@H](CNC(=O)c1c(C)cc(C)[nH]c1=O)C2. The second-order valence-electron chi connectivity index (χ2n) is 6.40. The Morgan fingerprint density at radius 1 is 1.36 bits per heavy atom. The summed E-state index contributed by atoms with van der Waals surface area (Å²) in [4.78, 5) is 27.1. The van der Waals surface area contributed by atoms with Gasteiger partial charge in [0.1, 0.15) is 17.1 Å². The van der Waals surface area contributed by atoms with Gasteiger partial charge in [-0.2, -0.15) is 0 Å². The zero-order valence-electron chi connectivity index (χ0n) is 14.6. The van der Waals surface area contributed by atoms with Crippen molar-refractivity contribution in [2.75, 3.05) is 20.3 Å². The summed E-state index contributed by atoms with van der Waals surface area (Å²) in [7, 11) is 1.62. The summed E-state index contributed by atoms with van der Waals surface area (Å²) >= 11 is 0. The van der Waals surface area contributed by atoms with E-state index in [2.05, 4.69) is 10.3 Å². The van der Waals surface area contributed by atoms with Crippen molar-refractivity contribution in [3.8, 4) is 11.5 Å². The van der Waals surface area contributed by atoms with Gasteiger partial charge in [-0.25, -0.2) is 0 Å². The van der Waals surface area contributed by atoms with E-state index in [4.69, 9.17) is 9.47 Å².